The number of alkyl halides is 2. The van der Waals surface area contributed by atoms with Crippen LogP contribution in [0, 0.1) is 0 Å². The number of hydrogen-bond donors (Lipinski definition) is 0. The molecule has 1 atom stereocenters. The zero-order valence-corrected chi connectivity index (χ0v) is 16.2. The minimum absolute atomic E-state index is 0.0915. The SMILES string of the molecule is COc1cc(/C=C/C(=O)O[C@@H](C)C(=O)N(C)c2ccccc2)ccc1OC(F)F. The van der Waals surface area contributed by atoms with Crippen molar-refractivity contribution >= 4 is 23.6 Å². The molecular formula is C21H21F2NO5. The van der Waals surface area contributed by atoms with E-state index in [-0.39, 0.29) is 17.4 Å². The fraction of sp³-hybridized carbons (Fsp3) is 0.238. The van der Waals surface area contributed by atoms with Crippen molar-refractivity contribution in [1.82, 2.24) is 0 Å². The number of carbonyl (C=O) groups is 2. The standard InChI is InChI=1S/C21H21F2NO5/c1-14(20(26)24(2)16-7-5-4-6-8-16)28-19(25)12-10-15-9-11-17(29-21(22)23)18(13-15)27-3/h4-14,21H,1-3H3/b12-10+/t14-/m0/s1. The Morgan fingerprint density at radius 2 is 1.76 bits per heavy atom. The summed E-state index contributed by atoms with van der Waals surface area (Å²) in [6, 6.07) is 13.2. The van der Waals surface area contributed by atoms with E-state index < -0.39 is 18.7 Å². The van der Waals surface area contributed by atoms with Crippen LogP contribution < -0.4 is 14.4 Å². The molecule has 29 heavy (non-hydrogen) atoms. The van der Waals surface area contributed by atoms with E-state index in [1.54, 1.807) is 31.3 Å². The average Bonchev–Trinajstić information content (AvgIpc) is 2.72. The number of halogens is 2. The lowest BCUT2D eigenvalue weighted by atomic mass is 10.2. The molecule has 2 rings (SSSR count). The second-order valence-corrected chi connectivity index (χ2v) is 5.93. The minimum Gasteiger partial charge on any atom is -0.493 e. The van der Waals surface area contributed by atoms with E-state index in [0.717, 1.165) is 6.08 Å². The van der Waals surface area contributed by atoms with Gasteiger partial charge in [-0.15, -0.1) is 0 Å². The zero-order valence-electron chi connectivity index (χ0n) is 16.2. The van der Waals surface area contributed by atoms with E-state index in [2.05, 4.69) is 4.74 Å². The lowest BCUT2D eigenvalue weighted by Gasteiger charge is -2.21. The summed E-state index contributed by atoms with van der Waals surface area (Å²) in [4.78, 5) is 25.8. The number of hydrogen-bond acceptors (Lipinski definition) is 5. The van der Waals surface area contributed by atoms with Crippen molar-refractivity contribution in [2.24, 2.45) is 0 Å². The number of methoxy groups -OCH3 is 1. The quantitative estimate of drug-likeness (QED) is 0.492. The van der Waals surface area contributed by atoms with Crippen molar-refractivity contribution in [2.45, 2.75) is 19.6 Å². The molecule has 0 radical (unpaired) electrons. The van der Waals surface area contributed by atoms with Gasteiger partial charge in [-0.25, -0.2) is 4.79 Å². The number of esters is 1. The molecule has 0 saturated heterocycles. The molecule has 2 aromatic rings. The van der Waals surface area contributed by atoms with Crippen LogP contribution in [0.3, 0.4) is 0 Å². The normalized spacial score (nSPS) is 11.9. The van der Waals surface area contributed by atoms with Crippen molar-refractivity contribution in [3.63, 3.8) is 0 Å². The van der Waals surface area contributed by atoms with Crippen molar-refractivity contribution in [3.05, 3.63) is 60.2 Å². The third-order valence-electron chi connectivity index (χ3n) is 3.93. The van der Waals surface area contributed by atoms with E-state index in [0.29, 0.717) is 11.3 Å². The van der Waals surface area contributed by atoms with E-state index in [4.69, 9.17) is 9.47 Å². The molecule has 0 spiro atoms. The molecule has 6 nitrogen and oxygen atoms in total. The fourth-order valence-corrected chi connectivity index (χ4v) is 2.46. The number of rotatable bonds is 8. The molecule has 0 aliphatic heterocycles. The molecular weight excluding hydrogens is 384 g/mol. The smallest absolute Gasteiger partial charge is 0.387 e. The third kappa shape index (κ3) is 6.31. The summed E-state index contributed by atoms with van der Waals surface area (Å²) < 4.78 is 39.2. The van der Waals surface area contributed by atoms with E-state index in [1.165, 1.54) is 43.2 Å². The summed E-state index contributed by atoms with van der Waals surface area (Å²) in [5, 5.41) is 0. The molecule has 8 heteroatoms. The second-order valence-electron chi connectivity index (χ2n) is 5.93. The van der Waals surface area contributed by atoms with Gasteiger partial charge >= 0.3 is 12.6 Å². The van der Waals surface area contributed by atoms with Gasteiger partial charge in [0.2, 0.25) is 0 Å². The maximum Gasteiger partial charge on any atom is 0.387 e. The molecule has 154 valence electrons. The Kier molecular flexibility index (Phi) is 7.70. The molecule has 0 aliphatic rings. The lowest BCUT2D eigenvalue weighted by molar-refractivity contribution is -0.148. The fourth-order valence-electron chi connectivity index (χ4n) is 2.46. The van der Waals surface area contributed by atoms with Crippen LogP contribution in [-0.4, -0.2) is 38.7 Å². The Balaban J connectivity index is 1.99. The molecule has 0 aromatic heterocycles. The van der Waals surface area contributed by atoms with Crippen molar-refractivity contribution in [2.75, 3.05) is 19.1 Å². The van der Waals surface area contributed by atoms with Crippen LogP contribution in [0.1, 0.15) is 12.5 Å². The van der Waals surface area contributed by atoms with Crippen LogP contribution in [-0.2, 0) is 14.3 Å². The Bertz CT molecular complexity index is 871. The molecule has 0 aliphatic carbocycles. The molecule has 1 amide bonds. The monoisotopic (exact) mass is 405 g/mol. The average molecular weight is 405 g/mol. The number of para-hydroxylation sites is 1. The van der Waals surface area contributed by atoms with Gasteiger partial charge in [0.25, 0.3) is 5.91 Å². The first-order valence-electron chi connectivity index (χ1n) is 8.66. The van der Waals surface area contributed by atoms with E-state index >= 15 is 0 Å². The van der Waals surface area contributed by atoms with Crippen LogP contribution in [0.2, 0.25) is 0 Å². The largest absolute Gasteiger partial charge is 0.493 e. The highest BCUT2D eigenvalue weighted by atomic mass is 19.3. The number of carbonyl (C=O) groups excluding carboxylic acids is 2. The van der Waals surface area contributed by atoms with Gasteiger partial charge in [-0.3, -0.25) is 4.79 Å². The Hall–Kier alpha value is -3.42. The second kappa shape index (κ2) is 10.2. The van der Waals surface area contributed by atoms with Gasteiger partial charge in [-0.1, -0.05) is 24.3 Å². The third-order valence-corrected chi connectivity index (χ3v) is 3.93. The van der Waals surface area contributed by atoms with Crippen molar-refractivity contribution in [3.8, 4) is 11.5 Å². The maximum atomic E-state index is 12.4. The summed E-state index contributed by atoms with van der Waals surface area (Å²) >= 11 is 0. The van der Waals surface area contributed by atoms with Gasteiger partial charge in [0, 0.05) is 18.8 Å². The van der Waals surface area contributed by atoms with Gasteiger partial charge < -0.3 is 19.1 Å². The number of likely N-dealkylation sites (N-methyl/N-ethyl adjacent to an activating group) is 1. The van der Waals surface area contributed by atoms with Gasteiger partial charge in [0.1, 0.15) is 0 Å². The molecule has 0 fully saturated rings. The van der Waals surface area contributed by atoms with E-state index in [1.807, 2.05) is 6.07 Å². The summed E-state index contributed by atoms with van der Waals surface area (Å²) in [6.45, 7) is -1.50. The highest BCUT2D eigenvalue weighted by molar-refractivity contribution is 5.98. The summed E-state index contributed by atoms with van der Waals surface area (Å²) in [6.07, 6.45) is 1.55. The molecule has 2 aromatic carbocycles. The number of anilines is 1. The minimum atomic E-state index is -2.98. The van der Waals surface area contributed by atoms with Crippen LogP contribution in [0.15, 0.2) is 54.6 Å². The molecule has 0 N–H and O–H groups in total. The Morgan fingerprint density at radius 3 is 2.38 bits per heavy atom. The summed E-state index contributed by atoms with van der Waals surface area (Å²) in [7, 11) is 2.90. The first kappa shape index (κ1) is 21.9. The van der Waals surface area contributed by atoms with Gasteiger partial charge in [0.05, 0.1) is 7.11 Å². The highest BCUT2D eigenvalue weighted by Gasteiger charge is 2.21. The topological polar surface area (TPSA) is 65.1 Å². The van der Waals surface area contributed by atoms with Gasteiger partial charge in [0.15, 0.2) is 17.6 Å². The predicted molar refractivity (Wildman–Crippen MR) is 104 cm³/mol. The van der Waals surface area contributed by atoms with E-state index in [9.17, 15) is 18.4 Å². The molecule has 0 heterocycles. The number of amides is 1. The summed E-state index contributed by atoms with van der Waals surface area (Å²) in [5.41, 5.74) is 1.18. The predicted octanol–water partition coefficient (Wildman–Crippen LogP) is 3.90. The number of ether oxygens (including phenoxy) is 3. The van der Waals surface area contributed by atoms with Crippen LogP contribution >= 0.6 is 0 Å². The maximum absolute atomic E-state index is 12.4. The van der Waals surface area contributed by atoms with Crippen LogP contribution in [0.4, 0.5) is 14.5 Å². The Labute approximate surface area is 167 Å². The number of benzene rings is 2. The highest BCUT2D eigenvalue weighted by Crippen LogP contribution is 2.29. The first-order valence-corrected chi connectivity index (χ1v) is 8.66. The van der Waals surface area contributed by atoms with Crippen molar-refractivity contribution in [1.29, 1.82) is 0 Å². The van der Waals surface area contributed by atoms with Gasteiger partial charge in [-0.2, -0.15) is 8.78 Å². The number of nitrogens with zero attached hydrogens (tertiary/aromatic N) is 1. The van der Waals surface area contributed by atoms with Crippen LogP contribution in [0.25, 0.3) is 6.08 Å². The molecule has 0 saturated carbocycles. The van der Waals surface area contributed by atoms with Gasteiger partial charge in [-0.05, 0) is 42.8 Å². The lowest BCUT2D eigenvalue weighted by Crippen LogP contribution is -2.37. The Morgan fingerprint density at radius 1 is 1.07 bits per heavy atom. The molecule has 0 unspecified atom stereocenters. The molecule has 0 bridgehead atoms. The zero-order chi connectivity index (χ0) is 21.4. The van der Waals surface area contributed by atoms with Crippen molar-refractivity contribution < 1.29 is 32.6 Å². The summed E-state index contributed by atoms with van der Waals surface area (Å²) in [5.74, 6) is -1.13. The van der Waals surface area contributed by atoms with Crippen LogP contribution in [0.5, 0.6) is 11.5 Å². The first-order chi connectivity index (χ1) is 13.8.